The van der Waals surface area contributed by atoms with Crippen LogP contribution in [0.2, 0.25) is 0 Å². The molecular weight excluding hydrogens is 223 g/mol. The predicted octanol–water partition coefficient (Wildman–Crippen LogP) is 0.849. The summed E-state index contributed by atoms with van der Waals surface area (Å²) in [7, 11) is 0. The van der Waals surface area contributed by atoms with Crippen molar-refractivity contribution < 1.29 is 18.3 Å². The highest BCUT2D eigenvalue weighted by Gasteiger charge is 2.41. The lowest BCUT2D eigenvalue weighted by atomic mass is 10.1. The van der Waals surface area contributed by atoms with E-state index >= 15 is 0 Å². The lowest BCUT2D eigenvalue weighted by Gasteiger charge is -2.22. The average Bonchev–Trinajstić information content (AvgIpc) is 2.19. The van der Waals surface area contributed by atoms with Crippen LogP contribution in [0.5, 0.6) is 0 Å². The van der Waals surface area contributed by atoms with Crippen molar-refractivity contribution in [2.45, 2.75) is 12.2 Å². The zero-order valence-corrected chi connectivity index (χ0v) is 8.33. The fraction of sp³-hybridized carbons (Fsp3) is 0.444. The van der Waals surface area contributed by atoms with E-state index in [0.29, 0.717) is 0 Å². The number of hydrogen-bond acceptors (Lipinski definition) is 4. The molecule has 0 radical (unpaired) electrons. The molecule has 0 fully saturated rings. The molecular formula is C9H12F3N3O. The highest BCUT2D eigenvalue weighted by molar-refractivity contribution is 5.41. The largest absolute Gasteiger partial charge is 0.408 e. The van der Waals surface area contributed by atoms with Crippen LogP contribution in [0, 0.1) is 0 Å². The lowest BCUT2D eigenvalue weighted by Crippen LogP contribution is -2.36. The van der Waals surface area contributed by atoms with E-state index in [2.05, 4.69) is 10.3 Å². The Kier molecular flexibility index (Phi) is 4.08. The first-order chi connectivity index (χ1) is 7.46. The van der Waals surface area contributed by atoms with Gasteiger partial charge < -0.3 is 16.2 Å². The maximum Gasteiger partial charge on any atom is 0.408 e. The molecule has 0 saturated carbocycles. The molecule has 0 aliphatic carbocycles. The number of nitrogen functional groups attached to an aromatic ring is 1. The first-order valence-electron chi connectivity index (χ1n) is 4.58. The van der Waals surface area contributed by atoms with Crippen LogP contribution in [0.1, 0.15) is 11.6 Å². The van der Waals surface area contributed by atoms with Gasteiger partial charge in [0, 0.05) is 18.3 Å². The minimum atomic E-state index is -4.48. The molecule has 0 bridgehead atoms. The number of pyridine rings is 1. The minimum Gasteiger partial charge on any atom is -0.395 e. The van der Waals surface area contributed by atoms with Crippen LogP contribution in [-0.2, 0) is 0 Å². The SMILES string of the molecule is Nc1ncccc1C(NCCO)C(F)(F)F. The Labute approximate surface area is 90.3 Å². The fourth-order valence-corrected chi connectivity index (χ4v) is 1.28. The van der Waals surface area contributed by atoms with E-state index in [0.717, 1.165) is 0 Å². The van der Waals surface area contributed by atoms with E-state index in [-0.39, 0.29) is 24.5 Å². The second kappa shape index (κ2) is 5.13. The van der Waals surface area contributed by atoms with Crippen molar-refractivity contribution in [2.75, 3.05) is 18.9 Å². The van der Waals surface area contributed by atoms with Crippen LogP contribution < -0.4 is 11.1 Å². The van der Waals surface area contributed by atoms with E-state index in [1.807, 2.05) is 0 Å². The van der Waals surface area contributed by atoms with Crippen LogP contribution in [0.4, 0.5) is 19.0 Å². The molecule has 1 aromatic heterocycles. The Balaban J connectivity index is 2.97. The Hall–Kier alpha value is -1.34. The van der Waals surface area contributed by atoms with Crippen molar-refractivity contribution in [3.63, 3.8) is 0 Å². The monoisotopic (exact) mass is 235 g/mol. The lowest BCUT2D eigenvalue weighted by molar-refractivity contribution is -0.157. The number of rotatable bonds is 4. The van der Waals surface area contributed by atoms with Gasteiger partial charge in [0.15, 0.2) is 0 Å². The van der Waals surface area contributed by atoms with Gasteiger partial charge in [-0.3, -0.25) is 0 Å². The number of aliphatic hydroxyl groups is 1. The number of nitrogens with two attached hydrogens (primary N) is 1. The van der Waals surface area contributed by atoms with Gasteiger partial charge in [-0.05, 0) is 6.07 Å². The molecule has 1 rings (SSSR count). The van der Waals surface area contributed by atoms with E-state index in [1.54, 1.807) is 0 Å². The molecule has 4 N–H and O–H groups in total. The molecule has 1 heterocycles. The third-order valence-corrected chi connectivity index (χ3v) is 1.97. The van der Waals surface area contributed by atoms with Gasteiger partial charge in [-0.25, -0.2) is 4.98 Å². The second-order valence-corrected chi connectivity index (χ2v) is 3.13. The van der Waals surface area contributed by atoms with Gasteiger partial charge in [0.1, 0.15) is 11.9 Å². The summed E-state index contributed by atoms with van der Waals surface area (Å²) in [6.45, 7) is -0.550. The second-order valence-electron chi connectivity index (χ2n) is 3.13. The molecule has 90 valence electrons. The van der Waals surface area contributed by atoms with Gasteiger partial charge in [-0.1, -0.05) is 6.07 Å². The highest BCUT2D eigenvalue weighted by atomic mass is 19.4. The van der Waals surface area contributed by atoms with Crippen molar-refractivity contribution in [3.05, 3.63) is 23.9 Å². The highest BCUT2D eigenvalue weighted by Crippen LogP contribution is 2.34. The third kappa shape index (κ3) is 3.07. The van der Waals surface area contributed by atoms with Gasteiger partial charge in [0.05, 0.1) is 6.61 Å². The molecule has 0 amide bonds. The van der Waals surface area contributed by atoms with Gasteiger partial charge >= 0.3 is 6.18 Å². The van der Waals surface area contributed by atoms with Crippen LogP contribution in [0.25, 0.3) is 0 Å². The molecule has 0 aromatic carbocycles. The van der Waals surface area contributed by atoms with Crippen LogP contribution in [-0.4, -0.2) is 29.4 Å². The standard InChI is InChI=1S/C9H12F3N3O/c10-9(11,12)7(14-4-5-16)6-2-1-3-15-8(6)13/h1-3,7,14,16H,4-5H2,(H2,13,15). The summed E-state index contributed by atoms with van der Waals surface area (Å²) in [6, 6.07) is 0.726. The molecule has 4 nitrogen and oxygen atoms in total. The van der Waals surface area contributed by atoms with Crippen molar-refractivity contribution >= 4 is 5.82 Å². The van der Waals surface area contributed by atoms with Crippen molar-refractivity contribution in [1.82, 2.24) is 10.3 Å². The smallest absolute Gasteiger partial charge is 0.395 e. The molecule has 1 unspecified atom stereocenters. The molecule has 1 atom stereocenters. The maximum absolute atomic E-state index is 12.7. The zero-order chi connectivity index (χ0) is 12.2. The average molecular weight is 235 g/mol. The number of nitrogens with zero attached hydrogens (tertiary/aromatic N) is 1. The Morgan fingerprint density at radius 3 is 2.69 bits per heavy atom. The van der Waals surface area contributed by atoms with Crippen molar-refractivity contribution in [2.24, 2.45) is 0 Å². The Bertz CT molecular complexity index is 343. The van der Waals surface area contributed by atoms with E-state index in [4.69, 9.17) is 10.8 Å². The molecule has 0 spiro atoms. The molecule has 1 aromatic rings. The summed E-state index contributed by atoms with van der Waals surface area (Å²) in [5.41, 5.74) is 5.24. The Morgan fingerprint density at radius 2 is 2.19 bits per heavy atom. The first-order valence-corrected chi connectivity index (χ1v) is 4.58. The molecule has 0 saturated heterocycles. The normalized spacial score (nSPS) is 13.8. The summed E-state index contributed by atoms with van der Waals surface area (Å²) in [6.07, 6.45) is -3.16. The van der Waals surface area contributed by atoms with Gasteiger partial charge in [0.2, 0.25) is 0 Å². The Morgan fingerprint density at radius 1 is 1.50 bits per heavy atom. The summed E-state index contributed by atoms with van der Waals surface area (Å²) in [5.74, 6) is -0.171. The number of aliphatic hydroxyl groups excluding tert-OH is 1. The predicted molar refractivity (Wildman–Crippen MR) is 52.5 cm³/mol. The number of alkyl halides is 3. The van der Waals surface area contributed by atoms with Crippen molar-refractivity contribution in [3.8, 4) is 0 Å². The van der Waals surface area contributed by atoms with Crippen LogP contribution >= 0.6 is 0 Å². The summed E-state index contributed by atoms with van der Waals surface area (Å²) in [5, 5.41) is 10.7. The summed E-state index contributed by atoms with van der Waals surface area (Å²) < 4.78 is 38.0. The molecule has 0 aliphatic heterocycles. The number of aromatic nitrogens is 1. The molecule has 0 aliphatic rings. The molecule has 7 heteroatoms. The van der Waals surface area contributed by atoms with E-state index in [9.17, 15) is 13.2 Å². The van der Waals surface area contributed by atoms with Gasteiger partial charge in [-0.2, -0.15) is 13.2 Å². The number of hydrogen-bond donors (Lipinski definition) is 3. The fourth-order valence-electron chi connectivity index (χ4n) is 1.28. The third-order valence-electron chi connectivity index (χ3n) is 1.97. The first kappa shape index (κ1) is 12.7. The minimum absolute atomic E-state index is 0.136. The van der Waals surface area contributed by atoms with Crippen LogP contribution in [0.3, 0.4) is 0 Å². The number of nitrogens with one attached hydrogen (secondary N) is 1. The van der Waals surface area contributed by atoms with E-state index < -0.39 is 12.2 Å². The van der Waals surface area contributed by atoms with Crippen molar-refractivity contribution in [1.29, 1.82) is 0 Å². The molecule has 16 heavy (non-hydrogen) atoms. The summed E-state index contributed by atoms with van der Waals surface area (Å²) >= 11 is 0. The maximum atomic E-state index is 12.7. The quantitative estimate of drug-likeness (QED) is 0.723. The number of halogens is 3. The number of anilines is 1. The van der Waals surface area contributed by atoms with E-state index in [1.165, 1.54) is 18.3 Å². The topological polar surface area (TPSA) is 71.2 Å². The van der Waals surface area contributed by atoms with Gasteiger partial charge in [0.25, 0.3) is 0 Å². The van der Waals surface area contributed by atoms with Gasteiger partial charge in [-0.15, -0.1) is 0 Å². The summed E-state index contributed by atoms with van der Waals surface area (Å²) in [4.78, 5) is 3.60. The zero-order valence-electron chi connectivity index (χ0n) is 8.33. The van der Waals surface area contributed by atoms with Crippen LogP contribution in [0.15, 0.2) is 18.3 Å².